The summed E-state index contributed by atoms with van der Waals surface area (Å²) < 4.78 is 2.32. The van der Waals surface area contributed by atoms with E-state index in [-0.39, 0.29) is 22.8 Å². The van der Waals surface area contributed by atoms with Crippen molar-refractivity contribution in [3.05, 3.63) is 17.0 Å². The zero-order valence-corrected chi connectivity index (χ0v) is 22.6. The van der Waals surface area contributed by atoms with Gasteiger partial charge in [-0.3, -0.25) is 9.48 Å². The average molecular weight is 468 g/mol. The summed E-state index contributed by atoms with van der Waals surface area (Å²) in [6, 6.07) is 0.715. The molecule has 1 heterocycles. The van der Waals surface area contributed by atoms with Gasteiger partial charge in [-0.25, -0.2) is 0 Å². The zero-order valence-electron chi connectivity index (χ0n) is 22.6. The summed E-state index contributed by atoms with van der Waals surface area (Å²) in [5.74, 6) is 2.36. The molecule has 0 saturated heterocycles. The smallest absolute Gasteiger partial charge is 0.272 e. The van der Waals surface area contributed by atoms with E-state index in [9.17, 15) is 4.79 Å². The third-order valence-electron chi connectivity index (χ3n) is 10.4. The molecule has 5 unspecified atom stereocenters. The Morgan fingerprint density at radius 3 is 2.59 bits per heavy atom. The lowest BCUT2D eigenvalue weighted by atomic mass is 9.56. The summed E-state index contributed by atoms with van der Waals surface area (Å²) in [5, 5.41) is 8.67. The van der Waals surface area contributed by atoms with Crippen molar-refractivity contribution < 1.29 is 4.79 Å². The van der Waals surface area contributed by atoms with Gasteiger partial charge >= 0.3 is 0 Å². The highest BCUT2D eigenvalue weighted by atomic mass is 16.2. The molecule has 3 saturated carbocycles. The number of aromatic nitrogens is 2. The van der Waals surface area contributed by atoms with Crippen LogP contribution in [-0.4, -0.2) is 21.7 Å². The molecule has 0 spiro atoms. The minimum absolute atomic E-state index is 0.0996. The molecule has 1 amide bonds. The number of fused-ring (bicyclic) bond motifs is 3. The number of carbonyl (C=O) groups is 1. The van der Waals surface area contributed by atoms with Crippen LogP contribution >= 0.6 is 0 Å². The van der Waals surface area contributed by atoms with E-state index in [1.807, 2.05) is 0 Å². The standard InChI is InChI=1S/C30H49N3O/c1-20-16-22-10-9-15-30(18-20,19-22)21(2)31-28(34)27-25-17-23(29(3,4)5)13-14-26(25)33(32-27)24-11-7-6-8-12-24/h20-24H,6-19H2,1-5H3,(H,31,34). The van der Waals surface area contributed by atoms with Gasteiger partial charge < -0.3 is 5.32 Å². The Labute approximate surface area is 208 Å². The molecule has 1 aromatic rings. The fraction of sp³-hybridized carbons (Fsp3) is 0.867. The molecule has 3 fully saturated rings. The van der Waals surface area contributed by atoms with Gasteiger partial charge in [0.2, 0.25) is 0 Å². The third-order valence-corrected chi connectivity index (χ3v) is 10.4. The van der Waals surface area contributed by atoms with Gasteiger partial charge in [0.15, 0.2) is 5.69 Å². The highest BCUT2D eigenvalue weighted by Crippen LogP contribution is 2.53. The number of nitrogens with zero attached hydrogens (tertiary/aromatic N) is 2. The van der Waals surface area contributed by atoms with Crippen LogP contribution in [0.5, 0.6) is 0 Å². The van der Waals surface area contributed by atoms with Crippen LogP contribution in [0.1, 0.15) is 139 Å². The van der Waals surface area contributed by atoms with Crippen molar-refractivity contribution in [2.24, 2.45) is 28.6 Å². The molecule has 190 valence electrons. The van der Waals surface area contributed by atoms with Crippen molar-refractivity contribution in [3.63, 3.8) is 0 Å². The molecule has 0 radical (unpaired) electrons. The van der Waals surface area contributed by atoms with Crippen molar-refractivity contribution >= 4 is 5.91 Å². The first-order chi connectivity index (χ1) is 16.2. The van der Waals surface area contributed by atoms with E-state index in [4.69, 9.17) is 5.10 Å². The number of nitrogens with one attached hydrogen (secondary N) is 1. The molecule has 5 atom stereocenters. The lowest BCUT2D eigenvalue weighted by Gasteiger charge is -2.51. The van der Waals surface area contributed by atoms with Crippen molar-refractivity contribution in [1.82, 2.24) is 15.1 Å². The Hall–Kier alpha value is -1.32. The zero-order chi connectivity index (χ0) is 24.1. The monoisotopic (exact) mass is 467 g/mol. The Kier molecular flexibility index (Phi) is 6.66. The highest BCUT2D eigenvalue weighted by molar-refractivity contribution is 5.94. The predicted molar refractivity (Wildman–Crippen MR) is 139 cm³/mol. The van der Waals surface area contributed by atoms with Crippen molar-refractivity contribution in [3.8, 4) is 0 Å². The lowest BCUT2D eigenvalue weighted by Crippen LogP contribution is -2.51. The van der Waals surface area contributed by atoms with E-state index in [1.165, 1.54) is 88.3 Å². The molecule has 4 heteroatoms. The van der Waals surface area contributed by atoms with Crippen molar-refractivity contribution in [2.45, 2.75) is 137 Å². The van der Waals surface area contributed by atoms with Crippen molar-refractivity contribution in [1.29, 1.82) is 0 Å². The van der Waals surface area contributed by atoms with E-state index in [1.54, 1.807) is 0 Å². The SMILES string of the molecule is CC1CC2CCCC(C(C)NC(=O)c3nn(C4CCCCC4)c4c3CC(C(C)(C)C)CC4)(C1)C2. The van der Waals surface area contributed by atoms with Crippen LogP contribution in [0, 0.1) is 28.6 Å². The molecule has 1 aromatic heterocycles. The first-order valence-electron chi connectivity index (χ1n) is 14.6. The summed E-state index contributed by atoms with van der Waals surface area (Å²) >= 11 is 0. The summed E-state index contributed by atoms with van der Waals surface area (Å²) in [7, 11) is 0. The van der Waals surface area contributed by atoms with E-state index in [2.05, 4.69) is 44.6 Å². The van der Waals surface area contributed by atoms with E-state index in [0.717, 1.165) is 30.4 Å². The van der Waals surface area contributed by atoms with Crippen LogP contribution in [0.25, 0.3) is 0 Å². The second-order valence-corrected chi connectivity index (χ2v) is 13.9. The maximum absolute atomic E-state index is 13.9. The average Bonchev–Trinajstić information content (AvgIpc) is 3.18. The fourth-order valence-corrected chi connectivity index (χ4v) is 8.43. The van der Waals surface area contributed by atoms with Gasteiger partial charge in [0.05, 0.1) is 6.04 Å². The van der Waals surface area contributed by atoms with Crippen LogP contribution in [0.15, 0.2) is 0 Å². The van der Waals surface area contributed by atoms with E-state index in [0.29, 0.717) is 12.0 Å². The summed E-state index contributed by atoms with van der Waals surface area (Å²) in [6.07, 6.45) is 17.6. The van der Waals surface area contributed by atoms with Crippen LogP contribution in [0.4, 0.5) is 0 Å². The topological polar surface area (TPSA) is 46.9 Å². The summed E-state index contributed by atoms with van der Waals surface area (Å²) in [5.41, 5.74) is 3.97. The number of hydrogen-bond acceptors (Lipinski definition) is 2. The second kappa shape index (κ2) is 9.28. The van der Waals surface area contributed by atoms with E-state index < -0.39 is 0 Å². The number of hydrogen-bond donors (Lipinski definition) is 1. The Bertz CT molecular complexity index is 886. The Morgan fingerprint density at radius 1 is 1.09 bits per heavy atom. The fourth-order valence-electron chi connectivity index (χ4n) is 8.43. The third kappa shape index (κ3) is 4.60. The molecule has 1 N–H and O–H groups in total. The minimum atomic E-state index is 0.0996. The molecule has 5 rings (SSSR count). The molecule has 0 aromatic carbocycles. The van der Waals surface area contributed by atoms with Crippen molar-refractivity contribution in [2.75, 3.05) is 0 Å². The first-order valence-corrected chi connectivity index (χ1v) is 14.6. The molecular weight excluding hydrogens is 418 g/mol. The molecule has 34 heavy (non-hydrogen) atoms. The largest absolute Gasteiger partial charge is 0.348 e. The Morgan fingerprint density at radius 2 is 1.85 bits per heavy atom. The molecule has 2 bridgehead atoms. The number of rotatable bonds is 4. The van der Waals surface area contributed by atoms with Crippen LogP contribution in [0.2, 0.25) is 0 Å². The predicted octanol–water partition coefficient (Wildman–Crippen LogP) is 7.26. The van der Waals surface area contributed by atoms with Gasteiger partial charge in [0.25, 0.3) is 5.91 Å². The van der Waals surface area contributed by atoms with Gasteiger partial charge in [-0.2, -0.15) is 5.10 Å². The molecule has 4 aliphatic rings. The van der Waals surface area contributed by atoms with Crippen LogP contribution in [-0.2, 0) is 12.8 Å². The molecule has 4 nitrogen and oxygen atoms in total. The van der Waals surface area contributed by atoms with Crippen LogP contribution < -0.4 is 5.32 Å². The second-order valence-electron chi connectivity index (χ2n) is 13.9. The quantitative estimate of drug-likeness (QED) is 0.506. The van der Waals surface area contributed by atoms with Gasteiger partial charge in [0, 0.05) is 17.3 Å². The number of carbonyl (C=O) groups excluding carboxylic acids is 1. The first kappa shape index (κ1) is 24.4. The lowest BCUT2D eigenvalue weighted by molar-refractivity contribution is 0.0162. The maximum atomic E-state index is 13.9. The van der Waals surface area contributed by atoms with Gasteiger partial charge in [-0.15, -0.1) is 0 Å². The maximum Gasteiger partial charge on any atom is 0.272 e. The summed E-state index contributed by atoms with van der Waals surface area (Å²) in [4.78, 5) is 13.9. The van der Waals surface area contributed by atoms with Gasteiger partial charge in [-0.1, -0.05) is 59.8 Å². The molecular formula is C30H49N3O. The number of amides is 1. The Balaban J connectivity index is 1.42. The van der Waals surface area contributed by atoms with Gasteiger partial charge in [-0.05, 0) is 93.3 Å². The minimum Gasteiger partial charge on any atom is -0.348 e. The molecule has 4 aliphatic carbocycles. The highest BCUT2D eigenvalue weighted by Gasteiger charge is 2.46. The van der Waals surface area contributed by atoms with Gasteiger partial charge in [0.1, 0.15) is 0 Å². The normalized spacial score (nSPS) is 33.3. The van der Waals surface area contributed by atoms with Crippen LogP contribution in [0.3, 0.4) is 0 Å². The summed E-state index contributed by atoms with van der Waals surface area (Å²) in [6.45, 7) is 11.8. The molecule has 0 aliphatic heterocycles. The van der Waals surface area contributed by atoms with E-state index >= 15 is 0 Å².